The number of aliphatic hydroxyl groups excluding tert-OH is 2. The van der Waals surface area contributed by atoms with Gasteiger partial charge in [-0.1, -0.05) is 0 Å². The Morgan fingerprint density at radius 2 is 2.06 bits per heavy atom. The highest BCUT2D eigenvalue weighted by Gasteiger charge is 2.35. The average molecular weight is 234 g/mol. The smallest absolute Gasteiger partial charge is 0.163 e. The molecule has 0 unspecified atom stereocenters. The van der Waals surface area contributed by atoms with Crippen LogP contribution in [-0.4, -0.2) is 41.9 Å². The van der Waals surface area contributed by atoms with E-state index < -0.39 is 12.2 Å². The van der Waals surface area contributed by atoms with Crippen molar-refractivity contribution < 1.29 is 10.2 Å². The summed E-state index contributed by atoms with van der Waals surface area (Å²) in [6, 6.07) is -0.149. The van der Waals surface area contributed by atoms with E-state index in [4.69, 9.17) is 0 Å². The van der Waals surface area contributed by atoms with Crippen molar-refractivity contribution in [1.29, 1.82) is 0 Å². The lowest BCUT2D eigenvalue weighted by Crippen LogP contribution is -2.26. The summed E-state index contributed by atoms with van der Waals surface area (Å²) in [6.45, 7) is 1.88. The van der Waals surface area contributed by atoms with E-state index in [9.17, 15) is 10.2 Å². The van der Waals surface area contributed by atoms with Crippen molar-refractivity contribution in [2.45, 2.75) is 38.0 Å². The fourth-order valence-corrected chi connectivity index (χ4v) is 2.45. The Balaban J connectivity index is 2.10. The minimum absolute atomic E-state index is 0.149. The number of aromatic nitrogens is 4. The minimum atomic E-state index is -0.748. The average Bonchev–Trinajstić information content (AvgIpc) is 2.86. The lowest BCUT2D eigenvalue weighted by molar-refractivity contribution is 0.0241. The predicted octanol–water partition coefficient (Wildman–Crippen LogP) is 0.191. The minimum Gasteiger partial charge on any atom is -0.390 e. The highest BCUT2D eigenvalue weighted by Crippen LogP contribution is 2.32. The molecule has 0 radical (unpaired) electrons. The highest BCUT2D eigenvalue weighted by molar-refractivity contribution is 5.72. The van der Waals surface area contributed by atoms with Gasteiger partial charge < -0.3 is 14.8 Å². The molecule has 6 heteroatoms. The highest BCUT2D eigenvalue weighted by atomic mass is 16.3. The number of fused-ring (bicyclic) bond motifs is 1. The van der Waals surface area contributed by atoms with Crippen LogP contribution in [0.3, 0.4) is 0 Å². The monoisotopic (exact) mass is 234 g/mol. The molecule has 2 N–H and O–H groups in total. The first kappa shape index (κ1) is 10.6. The van der Waals surface area contributed by atoms with Crippen molar-refractivity contribution in [3.63, 3.8) is 0 Å². The summed E-state index contributed by atoms with van der Waals surface area (Å²) >= 11 is 0. The Kier molecular flexibility index (Phi) is 2.34. The molecule has 1 aliphatic rings. The molecule has 2 aromatic rings. The molecule has 2 heterocycles. The van der Waals surface area contributed by atoms with Gasteiger partial charge in [0.2, 0.25) is 0 Å². The zero-order valence-corrected chi connectivity index (χ0v) is 9.48. The lowest BCUT2D eigenvalue weighted by atomic mass is 10.2. The van der Waals surface area contributed by atoms with Gasteiger partial charge in [0.05, 0.1) is 24.2 Å². The third kappa shape index (κ3) is 1.52. The molecule has 1 fully saturated rings. The van der Waals surface area contributed by atoms with Gasteiger partial charge in [0.1, 0.15) is 17.9 Å². The normalized spacial score (nSPS) is 29.0. The largest absolute Gasteiger partial charge is 0.390 e. The van der Waals surface area contributed by atoms with Gasteiger partial charge in [-0.3, -0.25) is 0 Å². The van der Waals surface area contributed by atoms with Crippen molar-refractivity contribution in [2.24, 2.45) is 0 Å². The van der Waals surface area contributed by atoms with Crippen LogP contribution in [0.5, 0.6) is 0 Å². The second kappa shape index (κ2) is 3.75. The fourth-order valence-electron chi connectivity index (χ4n) is 2.45. The van der Waals surface area contributed by atoms with E-state index in [1.807, 2.05) is 11.5 Å². The third-order valence-electron chi connectivity index (χ3n) is 3.45. The van der Waals surface area contributed by atoms with Crippen LogP contribution in [0.25, 0.3) is 11.2 Å². The molecule has 0 bridgehead atoms. The molecule has 0 saturated heterocycles. The number of rotatable bonds is 1. The van der Waals surface area contributed by atoms with Crippen molar-refractivity contribution >= 4 is 11.2 Å². The summed E-state index contributed by atoms with van der Waals surface area (Å²) < 4.78 is 1.84. The summed E-state index contributed by atoms with van der Waals surface area (Å²) in [5.41, 5.74) is 2.29. The number of imidazole rings is 1. The van der Waals surface area contributed by atoms with Crippen LogP contribution in [0.4, 0.5) is 0 Å². The van der Waals surface area contributed by atoms with E-state index in [1.165, 1.54) is 6.33 Å². The molecule has 1 aliphatic carbocycles. The summed E-state index contributed by atoms with van der Waals surface area (Å²) in [4.78, 5) is 12.6. The van der Waals surface area contributed by atoms with Gasteiger partial charge in [0.25, 0.3) is 0 Å². The lowest BCUT2D eigenvalue weighted by Gasteiger charge is -2.18. The number of aliphatic hydroxyl groups is 2. The zero-order valence-electron chi connectivity index (χ0n) is 9.48. The Morgan fingerprint density at radius 3 is 2.76 bits per heavy atom. The zero-order chi connectivity index (χ0) is 12.0. The van der Waals surface area contributed by atoms with Crippen LogP contribution in [0.2, 0.25) is 0 Å². The number of aryl methyl sites for hydroxylation is 1. The SMILES string of the molecule is Cc1ncnc2c1ncn2[C@H]1CC[C@H](O)[C@@H]1O. The fraction of sp³-hybridized carbons (Fsp3) is 0.545. The predicted molar refractivity (Wildman–Crippen MR) is 60.3 cm³/mol. The molecule has 3 atom stereocenters. The third-order valence-corrected chi connectivity index (χ3v) is 3.45. The summed E-state index contributed by atoms with van der Waals surface area (Å²) in [5.74, 6) is 0. The molecule has 1 saturated carbocycles. The maximum absolute atomic E-state index is 9.92. The van der Waals surface area contributed by atoms with Crippen molar-refractivity contribution in [1.82, 2.24) is 19.5 Å². The van der Waals surface area contributed by atoms with Crippen LogP contribution in [0.15, 0.2) is 12.7 Å². The van der Waals surface area contributed by atoms with E-state index in [0.717, 1.165) is 23.3 Å². The van der Waals surface area contributed by atoms with E-state index in [2.05, 4.69) is 15.0 Å². The molecule has 0 spiro atoms. The number of hydrogen-bond acceptors (Lipinski definition) is 5. The first-order valence-electron chi connectivity index (χ1n) is 5.68. The molecule has 0 aliphatic heterocycles. The van der Waals surface area contributed by atoms with Gasteiger partial charge in [-0.15, -0.1) is 0 Å². The van der Waals surface area contributed by atoms with Crippen LogP contribution >= 0.6 is 0 Å². The Hall–Kier alpha value is -1.53. The van der Waals surface area contributed by atoms with Crippen molar-refractivity contribution in [2.75, 3.05) is 0 Å². The van der Waals surface area contributed by atoms with Crippen LogP contribution in [-0.2, 0) is 0 Å². The van der Waals surface area contributed by atoms with Gasteiger partial charge in [0, 0.05) is 0 Å². The molecule has 6 nitrogen and oxygen atoms in total. The molecular formula is C11H14N4O2. The Morgan fingerprint density at radius 1 is 1.24 bits per heavy atom. The maximum Gasteiger partial charge on any atom is 0.163 e. The van der Waals surface area contributed by atoms with Gasteiger partial charge >= 0.3 is 0 Å². The quantitative estimate of drug-likeness (QED) is 0.736. The topological polar surface area (TPSA) is 84.1 Å². The summed E-state index contributed by atoms with van der Waals surface area (Å²) in [7, 11) is 0. The Labute approximate surface area is 98.0 Å². The number of nitrogens with zero attached hydrogens (tertiary/aromatic N) is 4. The molecular weight excluding hydrogens is 220 g/mol. The van der Waals surface area contributed by atoms with E-state index in [0.29, 0.717) is 6.42 Å². The van der Waals surface area contributed by atoms with Crippen LogP contribution in [0, 0.1) is 6.92 Å². The molecule has 90 valence electrons. The first-order chi connectivity index (χ1) is 8.18. The second-order valence-electron chi connectivity index (χ2n) is 4.49. The molecule has 0 aromatic carbocycles. The molecule has 17 heavy (non-hydrogen) atoms. The van der Waals surface area contributed by atoms with Crippen LogP contribution < -0.4 is 0 Å². The molecule has 3 rings (SSSR count). The summed E-state index contributed by atoms with van der Waals surface area (Å²) in [5, 5.41) is 19.5. The second-order valence-corrected chi connectivity index (χ2v) is 4.49. The van der Waals surface area contributed by atoms with E-state index >= 15 is 0 Å². The number of hydrogen-bond donors (Lipinski definition) is 2. The first-order valence-corrected chi connectivity index (χ1v) is 5.68. The van der Waals surface area contributed by atoms with E-state index in [1.54, 1.807) is 6.33 Å². The van der Waals surface area contributed by atoms with Gasteiger partial charge in [-0.05, 0) is 19.8 Å². The molecule has 0 amide bonds. The van der Waals surface area contributed by atoms with Gasteiger partial charge in [-0.2, -0.15) is 0 Å². The van der Waals surface area contributed by atoms with E-state index in [-0.39, 0.29) is 6.04 Å². The van der Waals surface area contributed by atoms with Crippen molar-refractivity contribution in [3.05, 3.63) is 18.3 Å². The standard InChI is InChI=1S/C11H14N4O2/c1-6-9-11(13-4-12-6)15(5-14-9)7-2-3-8(16)10(7)17/h4-5,7-8,10,16-17H,2-3H2,1H3/t7-,8-,10+/m0/s1. The summed E-state index contributed by atoms with van der Waals surface area (Å²) in [6.07, 6.45) is 3.10. The van der Waals surface area contributed by atoms with Gasteiger partial charge in [0.15, 0.2) is 5.65 Å². The Bertz CT molecular complexity index is 553. The molecule has 2 aromatic heterocycles. The van der Waals surface area contributed by atoms with Crippen molar-refractivity contribution in [3.8, 4) is 0 Å². The van der Waals surface area contributed by atoms with Crippen LogP contribution in [0.1, 0.15) is 24.6 Å². The maximum atomic E-state index is 9.92. The van der Waals surface area contributed by atoms with Gasteiger partial charge in [-0.25, -0.2) is 15.0 Å².